The summed E-state index contributed by atoms with van der Waals surface area (Å²) in [6.45, 7) is 4.11. The number of carboxylic acid groups (broad SMARTS) is 1. The van der Waals surface area contributed by atoms with Gasteiger partial charge in [-0.2, -0.15) is 0 Å². The maximum absolute atomic E-state index is 12.2. The first-order chi connectivity index (χ1) is 9.22. The van der Waals surface area contributed by atoms with Gasteiger partial charge in [-0.25, -0.2) is 0 Å². The Labute approximate surface area is 115 Å². The molecule has 0 aromatic heterocycles. The van der Waals surface area contributed by atoms with E-state index in [9.17, 15) is 14.4 Å². The van der Waals surface area contributed by atoms with Crippen LogP contribution < -0.4 is 9.64 Å². The molecule has 1 amide bonds. The number of carbonyl (C=O) groups is 3. The second kappa shape index (κ2) is 4.63. The Hall–Kier alpha value is -2.37. The first-order valence-corrected chi connectivity index (χ1v) is 6.10. The van der Waals surface area contributed by atoms with Crippen LogP contribution in [-0.2, 0) is 9.59 Å². The molecule has 1 aliphatic heterocycles. The van der Waals surface area contributed by atoms with Crippen molar-refractivity contribution in [1.29, 1.82) is 0 Å². The van der Waals surface area contributed by atoms with Gasteiger partial charge in [-0.3, -0.25) is 19.3 Å². The van der Waals surface area contributed by atoms with E-state index in [1.165, 1.54) is 19.1 Å². The van der Waals surface area contributed by atoms with Crippen molar-refractivity contribution in [3.05, 3.63) is 23.8 Å². The Bertz CT molecular complexity index is 606. The first-order valence-electron chi connectivity index (χ1n) is 6.10. The fourth-order valence-corrected chi connectivity index (χ4v) is 2.08. The van der Waals surface area contributed by atoms with Gasteiger partial charge in [0.25, 0.3) is 5.91 Å². The molecular weight excluding hydrogens is 262 g/mol. The molecule has 2 rings (SSSR count). The maximum Gasteiger partial charge on any atom is 0.323 e. The number of anilines is 1. The van der Waals surface area contributed by atoms with Gasteiger partial charge < -0.3 is 9.84 Å². The standard InChI is InChI=1S/C14H15NO5/c1-8(16)9-4-5-10-11(6-9)20-14(2,3)13(19)15(10)7-12(17)18/h4-6H,7H2,1-3H3,(H,17,18). The Balaban J connectivity index is 2.54. The van der Waals surface area contributed by atoms with Gasteiger partial charge in [0, 0.05) is 5.56 Å². The highest BCUT2D eigenvalue weighted by molar-refractivity contribution is 6.05. The summed E-state index contributed by atoms with van der Waals surface area (Å²) in [7, 11) is 0. The SMILES string of the molecule is CC(=O)c1ccc2c(c1)OC(C)(C)C(=O)N2CC(=O)O. The van der Waals surface area contributed by atoms with Gasteiger partial charge in [0.2, 0.25) is 0 Å². The van der Waals surface area contributed by atoms with Crippen LogP contribution in [0.3, 0.4) is 0 Å². The normalized spacial score (nSPS) is 16.4. The molecule has 1 aromatic rings. The number of fused-ring (bicyclic) bond motifs is 1. The number of carboxylic acids is 1. The van der Waals surface area contributed by atoms with Crippen molar-refractivity contribution >= 4 is 23.3 Å². The van der Waals surface area contributed by atoms with Gasteiger partial charge in [-0.15, -0.1) is 0 Å². The van der Waals surface area contributed by atoms with Gasteiger partial charge in [0.1, 0.15) is 12.3 Å². The number of carbonyl (C=O) groups excluding carboxylic acids is 2. The lowest BCUT2D eigenvalue weighted by Crippen LogP contribution is -2.53. The number of benzene rings is 1. The third kappa shape index (κ3) is 2.36. The molecule has 6 heteroatoms. The quantitative estimate of drug-likeness (QED) is 0.846. The van der Waals surface area contributed by atoms with E-state index in [-0.39, 0.29) is 5.78 Å². The number of nitrogens with zero attached hydrogens (tertiary/aromatic N) is 1. The second-order valence-electron chi connectivity index (χ2n) is 5.14. The third-order valence-corrected chi connectivity index (χ3v) is 3.08. The molecule has 6 nitrogen and oxygen atoms in total. The van der Waals surface area contributed by atoms with E-state index >= 15 is 0 Å². The monoisotopic (exact) mass is 277 g/mol. The molecule has 106 valence electrons. The van der Waals surface area contributed by atoms with Crippen LogP contribution in [-0.4, -0.2) is 34.9 Å². The topological polar surface area (TPSA) is 83.9 Å². The number of ether oxygens (including phenoxy) is 1. The highest BCUT2D eigenvalue weighted by Crippen LogP contribution is 2.38. The summed E-state index contributed by atoms with van der Waals surface area (Å²) in [5.74, 6) is -1.33. The molecule has 20 heavy (non-hydrogen) atoms. The molecule has 1 heterocycles. The molecule has 0 radical (unpaired) electrons. The van der Waals surface area contributed by atoms with Crippen LogP contribution in [0.2, 0.25) is 0 Å². The summed E-state index contributed by atoms with van der Waals surface area (Å²) in [5.41, 5.74) is -0.358. The molecular formula is C14H15NO5. The van der Waals surface area contributed by atoms with Crippen molar-refractivity contribution in [2.24, 2.45) is 0 Å². The number of rotatable bonds is 3. The fraction of sp³-hybridized carbons (Fsp3) is 0.357. The number of aliphatic carboxylic acids is 1. The summed E-state index contributed by atoms with van der Waals surface area (Å²) in [5, 5.41) is 8.93. The van der Waals surface area contributed by atoms with E-state index < -0.39 is 24.0 Å². The molecule has 1 N–H and O–H groups in total. The van der Waals surface area contributed by atoms with Crippen molar-refractivity contribution in [3.63, 3.8) is 0 Å². The smallest absolute Gasteiger partial charge is 0.323 e. The number of hydrogen-bond acceptors (Lipinski definition) is 4. The molecule has 0 saturated carbocycles. The Morgan fingerprint density at radius 1 is 1.35 bits per heavy atom. The van der Waals surface area contributed by atoms with Gasteiger partial charge in [-0.05, 0) is 39.0 Å². The average Bonchev–Trinajstić information content (AvgIpc) is 2.33. The minimum atomic E-state index is -1.17. The van der Waals surface area contributed by atoms with Crippen LogP contribution in [0.25, 0.3) is 0 Å². The average molecular weight is 277 g/mol. The van der Waals surface area contributed by atoms with Crippen LogP contribution in [0.15, 0.2) is 18.2 Å². The molecule has 0 fully saturated rings. The lowest BCUT2D eigenvalue weighted by atomic mass is 10.0. The zero-order valence-electron chi connectivity index (χ0n) is 11.5. The van der Waals surface area contributed by atoms with E-state index in [1.807, 2.05) is 0 Å². The zero-order valence-corrected chi connectivity index (χ0v) is 11.5. The van der Waals surface area contributed by atoms with Gasteiger partial charge in [0.05, 0.1) is 5.69 Å². The van der Waals surface area contributed by atoms with Crippen molar-refractivity contribution in [3.8, 4) is 5.75 Å². The maximum atomic E-state index is 12.2. The first kappa shape index (κ1) is 14.0. The Morgan fingerprint density at radius 3 is 2.55 bits per heavy atom. The highest BCUT2D eigenvalue weighted by Gasteiger charge is 2.41. The fourth-order valence-electron chi connectivity index (χ4n) is 2.08. The van der Waals surface area contributed by atoms with Crippen molar-refractivity contribution in [1.82, 2.24) is 0 Å². The summed E-state index contributed by atoms with van der Waals surface area (Å²) < 4.78 is 5.60. The number of Topliss-reactive ketones (excluding diaryl/α,β-unsaturated/α-hetero) is 1. The minimum Gasteiger partial charge on any atom is -0.480 e. The van der Waals surface area contributed by atoms with Crippen LogP contribution in [0, 0.1) is 0 Å². The van der Waals surface area contributed by atoms with Crippen LogP contribution >= 0.6 is 0 Å². The lowest BCUT2D eigenvalue weighted by Gasteiger charge is -2.38. The molecule has 0 unspecified atom stereocenters. The number of amides is 1. The summed E-state index contributed by atoms with van der Waals surface area (Å²) in [6.07, 6.45) is 0. The molecule has 0 bridgehead atoms. The molecule has 0 atom stereocenters. The largest absolute Gasteiger partial charge is 0.480 e. The molecule has 1 aromatic carbocycles. The second-order valence-corrected chi connectivity index (χ2v) is 5.14. The summed E-state index contributed by atoms with van der Waals surface area (Å²) in [4.78, 5) is 35.7. The molecule has 0 saturated heterocycles. The van der Waals surface area contributed by atoms with Gasteiger partial charge in [0.15, 0.2) is 11.4 Å². The molecule has 0 spiro atoms. The minimum absolute atomic E-state index is 0.129. The summed E-state index contributed by atoms with van der Waals surface area (Å²) >= 11 is 0. The number of ketones is 1. The van der Waals surface area contributed by atoms with Crippen molar-refractivity contribution in [2.45, 2.75) is 26.4 Å². The van der Waals surface area contributed by atoms with Crippen molar-refractivity contribution < 1.29 is 24.2 Å². The zero-order chi connectivity index (χ0) is 15.1. The highest BCUT2D eigenvalue weighted by atomic mass is 16.5. The molecule has 1 aliphatic rings. The van der Waals surface area contributed by atoms with E-state index in [0.29, 0.717) is 17.0 Å². The summed E-state index contributed by atoms with van der Waals surface area (Å²) in [6, 6.07) is 4.60. The van der Waals surface area contributed by atoms with Gasteiger partial charge >= 0.3 is 5.97 Å². The molecule has 0 aliphatic carbocycles. The third-order valence-electron chi connectivity index (χ3n) is 3.08. The van der Waals surface area contributed by atoms with E-state index in [1.54, 1.807) is 19.9 Å². The van der Waals surface area contributed by atoms with E-state index in [2.05, 4.69) is 0 Å². The van der Waals surface area contributed by atoms with E-state index in [4.69, 9.17) is 9.84 Å². The van der Waals surface area contributed by atoms with Gasteiger partial charge in [-0.1, -0.05) is 0 Å². The number of hydrogen-bond donors (Lipinski definition) is 1. The predicted octanol–water partition coefficient (Wildman–Crippen LogP) is 1.48. The van der Waals surface area contributed by atoms with E-state index in [0.717, 1.165) is 4.90 Å². The van der Waals surface area contributed by atoms with Crippen molar-refractivity contribution in [2.75, 3.05) is 11.4 Å². The predicted molar refractivity (Wildman–Crippen MR) is 71.1 cm³/mol. The Morgan fingerprint density at radius 2 is 2.00 bits per heavy atom. The lowest BCUT2D eigenvalue weighted by molar-refractivity contribution is -0.139. The Kier molecular flexibility index (Phi) is 3.25. The van der Waals surface area contributed by atoms with Crippen LogP contribution in [0.5, 0.6) is 5.75 Å². The van der Waals surface area contributed by atoms with Crippen LogP contribution in [0.4, 0.5) is 5.69 Å². The van der Waals surface area contributed by atoms with Crippen LogP contribution in [0.1, 0.15) is 31.1 Å².